The molecule has 1 aromatic rings. The molecule has 1 aromatic carbocycles. The second kappa shape index (κ2) is 7.35. The van der Waals surface area contributed by atoms with Crippen LogP contribution in [0.4, 0.5) is 4.39 Å². The highest BCUT2D eigenvalue weighted by Crippen LogP contribution is 2.16. The van der Waals surface area contributed by atoms with Crippen molar-refractivity contribution >= 4 is 11.8 Å². The van der Waals surface area contributed by atoms with Crippen LogP contribution < -0.4 is 10.6 Å². The highest BCUT2D eigenvalue weighted by atomic mass is 19.1. The molecule has 0 aliphatic carbocycles. The third kappa shape index (κ3) is 4.04. The fraction of sp³-hybridized carbons (Fsp3) is 0.500. The van der Waals surface area contributed by atoms with Gasteiger partial charge in [-0.2, -0.15) is 0 Å². The zero-order valence-corrected chi connectivity index (χ0v) is 12.9. The first-order chi connectivity index (χ1) is 10.5. The van der Waals surface area contributed by atoms with E-state index in [1.807, 2.05) is 11.9 Å². The van der Waals surface area contributed by atoms with Crippen LogP contribution in [0.3, 0.4) is 0 Å². The Balaban J connectivity index is 1.88. The zero-order chi connectivity index (χ0) is 16.1. The molecule has 0 saturated carbocycles. The molecular weight excluding hydrogens is 285 g/mol. The molecule has 0 aromatic heterocycles. The summed E-state index contributed by atoms with van der Waals surface area (Å²) in [4.78, 5) is 25.9. The largest absolute Gasteiger partial charge is 0.359 e. The van der Waals surface area contributed by atoms with Crippen molar-refractivity contribution in [3.8, 4) is 0 Å². The van der Waals surface area contributed by atoms with Gasteiger partial charge in [-0.1, -0.05) is 18.2 Å². The van der Waals surface area contributed by atoms with E-state index in [1.54, 1.807) is 25.2 Å². The second-order valence-electron chi connectivity index (χ2n) is 5.71. The van der Waals surface area contributed by atoms with Crippen LogP contribution in [0.5, 0.6) is 0 Å². The van der Waals surface area contributed by atoms with Crippen LogP contribution in [-0.4, -0.2) is 49.9 Å². The lowest BCUT2D eigenvalue weighted by Gasteiger charge is -2.18. The number of halogens is 1. The van der Waals surface area contributed by atoms with Crippen molar-refractivity contribution < 1.29 is 14.0 Å². The third-order valence-electron chi connectivity index (χ3n) is 4.01. The lowest BCUT2D eigenvalue weighted by Crippen LogP contribution is -2.45. The third-order valence-corrected chi connectivity index (χ3v) is 4.01. The number of carbonyl (C=O) groups excluding carboxylic acids is 2. The van der Waals surface area contributed by atoms with Gasteiger partial charge in [0, 0.05) is 26.6 Å². The molecule has 1 fully saturated rings. The van der Waals surface area contributed by atoms with Crippen molar-refractivity contribution in [2.75, 3.05) is 27.2 Å². The quantitative estimate of drug-likeness (QED) is 0.835. The number of aryl methyl sites for hydroxylation is 1. The molecule has 2 atom stereocenters. The number of amides is 2. The Hall–Kier alpha value is -1.95. The molecule has 1 aliphatic heterocycles. The lowest BCUT2D eigenvalue weighted by molar-refractivity contribution is -0.125. The Bertz CT molecular complexity index is 550. The summed E-state index contributed by atoms with van der Waals surface area (Å²) in [7, 11) is 3.51. The van der Waals surface area contributed by atoms with E-state index in [1.165, 1.54) is 6.07 Å². The van der Waals surface area contributed by atoms with Gasteiger partial charge in [-0.15, -0.1) is 0 Å². The molecule has 6 heteroatoms. The van der Waals surface area contributed by atoms with Gasteiger partial charge < -0.3 is 15.5 Å². The van der Waals surface area contributed by atoms with Gasteiger partial charge in [0.2, 0.25) is 11.8 Å². The maximum Gasteiger partial charge on any atom is 0.226 e. The van der Waals surface area contributed by atoms with E-state index in [0.29, 0.717) is 25.1 Å². The van der Waals surface area contributed by atoms with E-state index >= 15 is 0 Å². The second-order valence-corrected chi connectivity index (χ2v) is 5.71. The van der Waals surface area contributed by atoms with E-state index in [4.69, 9.17) is 0 Å². The summed E-state index contributed by atoms with van der Waals surface area (Å²) in [5, 5.41) is 5.53. The van der Waals surface area contributed by atoms with Gasteiger partial charge in [-0.3, -0.25) is 9.59 Å². The van der Waals surface area contributed by atoms with E-state index < -0.39 is 0 Å². The number of nitrogens with zero attached hydrogens (tertiary/aromatic N) is 1. The number of likely N-dealkylation sites (tertiary alicyclic amines) is 1. The summed E-state index contributed by atoms with van der Waals surface area (Å²) in [6.45, 7) is 1.27. The average Bonchev–Trinajstić information content (AvgIpc) is 2.86. The Morgan fingerprint density at radius 3 is 2.73 bits per heavy atom. The maximum atomic E-state index is 13.5. The molecule has 5 nitrogen and oxygen atoms in total. The van der Waals surface area contributed by atoms with E-state index in [2.05, 4.69) is 10.6 Å². The minimum Gasteiger partial charge on any atom is -0.359 e. The number of rotatable bonds is 5. The fourth-order valence-corrected chi connectivity index (χ4v) is 2.83. The number of nitrogens with one attached hydrogen (secondary N) is 2. The van der Waals surface area contributed by atoms with Gasteiger partial charge in [0.25, 0.3) is 0 Å². The Morgan fingerprint density at radius 1 is 1.32 bits per heavy atom. The van der Waals surface area contributed by atoms with Crippen LogP contribution in [0.2, 0.25) is 0 Å². The minimum atomic E-state index is -0.292. The van der Waals surface area contributed by atoms with E-state index in [9.17, 15) is 14.0 Å². The first kappa shape index (κ1) is 16.4. The predicted molar refractivity (Wildman–Crippen MR) is 81.7 cm³/mol. The summed E-state index contributed by atoms with van der Waals surface area (Å²) >= 11 is 0. The first-order valence-corrected chi connectivity index (χ1v) is 7.44. The van der Waals surface area contributed by atoms with Gasteiger partial charge in [-0.05, 0) is 25.1 Å². The topological polar surface area (TPSA) is 61.4 Å². The molecule has 22 heavy (non-hydrogen) atoms. The molecule has 0 radical (unpaired) electrons. The first-order valence-electron chi connectivity index (χ1n) is 7.44. The van der Waals surface area contributed by atoms with Gasteiger partial charge in [0.05, 0.1) is 12.0 Å². The minimum absolute atomic E-state index is 0.0660. The van der Waals surface area contributed by atoms with Crippen molar-refractivity contribution in [1.82, 2.24) is 15.5 Å². The summed E-state index contributed by atoms with van der Waals surface area (Å²) < 4.78 is 13.5. The highest BCUT2D eigenvalue weighted by Gasteiger charge is 2.36. The SMILES string of the molecule is CNC(=O)[C@@H]1CN(C)C[C@@H]1NC(=O)CCc1ccccc1F. The summed E-state index contributed by atoms with van der Waals surface area (Å²) in [5.41, 5.74) is 0.532. The number of likely N-dealkylation sites (N-methyl/N-ethyl adjacent to an activating group) is 1. The smallest absolute Gasteiger partial charge is 0.226 e. The normalized spacial score (nSPS) is 21.6. The molecule has 1 aliphatic rings. The monoisotopic (exact) mass is 307 g/mol. The van der Waals surface area contributed by atoms with Crippen LogP contribution in [0.1, 0.15) is 12.0 Å². The van der Waals surface area contributed by atoms with Crippen molar-refractivity contribution in [2.24, 2.45) is 5.92 Å². The molecule has 1 heterocycles. The molecular formula is C16H22FN3O2. The average molecular weight is 307 g/mol. The van der Waals surface area contributed by atoms with Gasteiger partial charge in [0.1, 0.15) is 5.82 Å². The summed E-state index contributed by atoms with van der Waals surface area (Å²) in [6.07, 6.45) is 0.563. The van der Waals surface area contributed by atoms with E-state index in [0.717, 1.165) is 0 Å². The molecule has 2 amide bonds. The maximum absolute atomic E-state index is 13.5. The molecule has 2 rings (SSSR count). The summed E-state index contributed by atoms with van der Waals surface area (Å²) in [5.74, 6) is -0.757. The van der Waals surface area contributed by atoms with Crippen molar-refractivity contribution in [2.45, 2.75) is 18.9 Å². The molecule has 0 bridgehead atoms. The standard InChI is InChI=1S/C16H22FN3O2/c1-18-16(22)12-9-20(2)10-14(12)19-15(21)8-7-11-5-3-4-6-13(11)17/h3-6,12,14H,7-10H2,1-2H3,(H,18,22)(H,19,21)/t12-,14+/m1/s1. The zero-order valence-electron chi connectivity index (χ0n) is 12.9. The summed E-state index contributed by atoms with van der Waals surface area (Å²) in [6, 6.07) is 6.25. The van der Waals surface area contributed by atoms with Gasteiger partial charge in [-0.25, -0.2) is 4.39 Å². The number of carbonyl (C=O) groups is 2. The predicted octanol–water partition coefficient (Wildman–Crippen LogP) is 0.551. The Kier molecular flexibility index (Phi) is 5.49. The highest BCUT2D eigenvalue weighted by molar-refractivity contribution is 5.82. The van der Waals surface area contributed by atoms with Crippen molar-refractivity contribution in [3.05, 3.63) is 35.6 Å². The van der Waals surface area contributed by atoms with Crippen LogP contribution >= 0.6 is 0 Å². The Labute approximate surface area is 129 Å². The van der Waals surface area contributed by atoms with Crippen LogP contribution in [-0.2, 0) is 16.0 Å². The lowest BCUT2D eigenvalue weighted by atomic mass is 10.0. The number of hydrogen-bond donors (Lipinski definition) is 2. The van der Waals surface area contributed by atoms with Crippen molar-refractivity contribution in [1.29, 1.82) is 0 Å². The van der Waals surface area contributed by atoms with Crippen LogP contribution in [0, 0.1) is 11.7 Å². The van der Waals surface area contributed by atoms with Crippen LogP contribution in [0.15, 0.2) is 24.3 Å². The molecule has 120 valence electrons. The molecule has 0 unspecified atom stereocenters. The van der Waals surface area contributed by atoms with Gasteiger partial charge in [0.15, 0.2) is 0 Å². The number of hydrogen-bond acceptors (Lipinski definition) is 3. The molecule has 1 saturated heterocycles. The van der Waals surface area contributed by atoms with Crippen molar-refractivity contribution in [3.63, 3.8) is 0 Å². The van der Waals surface area contributed by atoms with Gasteiger partial charge >= 0.3 is 0 Å². The Morgan fingerprint density at radius 2 is 2.05 bits per heavy atom. The number of benzene rings is 1. The fourth-order valence-electron chi connectivity index (χ4n) is 2.83. The van der Waals surface area contributed by atoms with E-state index in [-0.39, 0.29) is 36.0 Å². The molecule has 0 spiro atoms. The van der Waals surface area contributed by atoms with Crippen LogP contribution in [0.25, 0.3) is 0 Å². The molecule has 2 N–H and O–H groups in total.